The molecule has 0 spiro atoms. The summed E-state index contributed by atoms with van der Waals surface area (Å²) < 4.78 is 0. The molecule has 5 heteroatoms. The van der Waals surface area contributed by atoms with Crippen molar-refractivity contribution in [1.29, 1.82) is 0 Å². The molecule has 0 saturated carbocycles. The second-order valence-corrected chi connectivity index (χ2v) is 7.01. The number of phenolic OH excluding ortho intramolecular Hbond substituents is 1. The first-order chi connectivity index (χ1) is 11.2. The highest BCUT2D eigenvalue weighted by Gasteiger charge is 2.55. The molecule has 0 saturated heterocycles. The highest BCUT2D eigenvalue weighted by Crippen LogP contribution is 2.54. The number of aliphatic hydroxyl groups is 1. The van der Waals surface area contributed by atoms with Crippen LogP contribution in [0, 0.1) is 17.7 Å². The van der Waals surface area contributed by atoms with Gasteiger partial charge in [0.2, 0.25) is 0 Å². The number of hydrogen-bond donors (Lipinski definition) is 2. The maximum atomic E-state index is 12.2. The maximum absolute atomic E-state index is 12.2. The van der Waals surface area contributed by atoms with Gasteiger partial charge in [-0.2, -0.15) is 0 Å². The van der Waals surface area contributed by atoms with Gasteiger partial charge in [0, 0.05) is 17.4 Å². The minimum atomic E-state index is -1.30. The predicted molar refractivity (Wildman–Crippen MR) is 93.4 cm³/mol. The van der Waals surface area contributed by atoms with E-state index in [0.29, 0.717) is 18.4 Å². The average molecular weight is 331 g/mol. The van der Waals surface area contributed by atoms with Crippen LogP contribution < -0.4 is 0 Å². The minimum absolute atomic E-state index is 0.0702. The summed E-state index contributed by atoms with van der Waals surface area (Å²) in [6, 6.07) is 3.16. The number of hydrogen-bond acceptors (Lipinski definition) is 5. The molecule has 24 heavy (non-hydrogen) atoms. The van der Waals surface area contributed by atoms with Crippen LogP contribution in [0.2, 0.25) is 0 Å². The quantitative estimate of drug-likeness (QED) is 0.797. The van der Waals surface area contributed by atoms with Crippen molar-refractivity contribution in [3.8, 4) is 5.75 Å². The number of ketones is 1. The molecule has 5 nitrogen and oxygen atoms in total. The first-order valence-corrected chi connectivity index (χ1v) is 8.34. The third-order valence-electron chi connectivity index (χ3n) is 5.26. The van der Waals surface area contributed by atoms with E-state index in [0.717, 1.165) is 5.56 Å². The Morgan fingerprint density at radius 3 is 2.54 bits per heavy atom. The lowest BCUT2D eigenvalue weighted by molar-refractivity contribution is -0.123. The van der Waals surface area contributed by atoms with Crippen molar-refractivity contribution in [2.45, 2.75) is 58.0 Å². The smallest absolute Gasteiger partial charge is 0.156 e. The number of carbonyl (C=O) groups is 1. The molecule has 1 aromatic carbocycles. The van der Waals surface area contributed by atoms with Gasteiger partial charge in [0.25, 0.3) is 0 Å². The highest BCUT2D eigenvalue weighted by molar-refractivity contribution is 5.93. The molecule has 0 bridgehead atoms. The molecule has 0 fully saturated rings. The van der Waals surface area contributed by atoms with Gasteiger partial charge in [0.05, 0.1) is 5.60 Å². The van der Waals surface area contributed by atoms with Crippen molar-refractivity contribution >= 4 is 11.5 Å². The lowest BCUT2D eigenvalue weighted by Gasteiger charge is -2.51. The average Bonchev–Trinajstić information content (AvgIpc) is 2.51. The molecule has 130 valence electrons. The Labute approximate surface area is 142 Å². The third-order valence-corrected chi connectivity index (χ3v) is 5.26. The SMILES string of the molecule is CCCC1(c2c(C)ccc(N=O)c2O)CC(=O)C=CC1(O)C(C)C. The first kappa shape index (κ1) is 18.3. The lowest BCUT2D eigenvalue weighted by atomic mass is 9.55. The number of aromatic hydroxyl groups is 1. The number of benzene rings is 1. The van der Waals surface area contributed by atoms with Crippen LogP contribution in [0.25, 0.3) is 0 Å². The monoisotopic (exact) mass is 331 g/mol. The summed E-state index contributed by atoms with van der Waals surface area (Å²) in [5.41, 5.74) is -1.18. The largest absolute Gasteiger partial charge is 0.505 e. The van der Waals surface area contributed by atoms with E-state index in [-0.39, 0.29) is 29.6 Å². The van der Waals surface area contributed by atoms with Crippen molar-refractivity contribution in [2.75, 3.05) is 0 Å². The predicted octanol–water partition coefficient (Wildman–Crippen LogP) is 4.05. The lowest BCUT2D eigenvalue weighted by Crippen LogP contribution is -2.57. The molecule has 0 aliphatic heterocycles. The van der Waals surface area contributed by atoms with Crippen LogP contribution in [0.4, 0.5) is 5.69 Å². The summed E-state index contributed by atoms with van der Waals surface area (Å²) in [7, 11) is 0. The van der Waals surface area contributed by atoms with Gasteiger partial charge in [-0.25, -0.2) is 0 Å². The van der Waals surface area contributed by atoms with E-state index in [1.807, 2.05) is 27.7 Å². The molecule has 0 heterocycles. The van der Waals surface area contributed by atoms with Crippen molar-refractivity contribution in [3.63, 3.8) is 0 Å². The first-order valence-electron chi connectivity index (χ1n) is 8.34. The zero-order valence-electron chi connectivity index (χ0n) is 14.7. The van der Waals surface area contributed by atoms with Crippen LogP contribution >= 0.6 is 0 Å². The zero-order valence-corrected chi connectivity index (χ0v) is 14.7. The van der Waals surface area contributed by atoms with Gasteiger partial charge in [-0.05, 0) is 48.2 Å². The molecule has 0 amide bonds. The van der Waals surface area contributed by atoms with Gasteiger partial charge in [-0.3, -0.25) is 4.79 Å². The van der Waals surface area contributed by atoms with Crippen LogP contribution in [0.15, 0.2) is 29.5 Å². The van der Waals surface area contributed by atoms with Crippen molar-refractivity contribution in [1.82, 2.24) is 0 Å². The summed E-state index contributed by atoms with van der Waals surface area (Å²) in [4.78, 5) is 23.3. The molecule has 0 radical (unpaired) electrons. The van der Waals surface area contributed by atoms with Gasteiger partial charge >= 0.3 is 0 Å². The molecule has 0 aromatic heterocycles. The number of nitrogens with zero attached hydrogens (tertiary/aromatic N) is 1. The molecule has 2 N–H and O–H groups in total. The molecule has 1 aliphatic carbocycles. The second kappa shape index (κ2) is 6.48. The third kappa shape index (κ3) is 2.57. The maximum Gasteiger partial charge on any atom is 0.156 e. The van der Waals surface area contributed by atoms with E-state index in [1.54, 1.807) is 12.1 Å². The van der Waals surface area contributed by atoms with E-state index in [2.05, 4.69) is 5.18 Å². The van der Waals surface area contributed by atoms with Crippen LogP contribution in [0.1, 0.15) is 51.2 Å². The summed E-state index contributed by atoms with van der Waals surface area (Å²) in [5, 5.41) is 25.1. The molecular weight excluding hydrogens is 306 g/mol. The van der Waals surface area contributed by atoms with E-state index in [1.165, 1.54) is 12.1 Å². The number of rotatable bonds is 5. The summed E-state index contributed by atoms with van der Waals surface area (Å²) >= 11 is 0. The van der Waals surface area contributed by atoms with Gasteiger partial charge in [-0.1, -0.05) is 33.3 Å². The fourth-order valence-corrected chi connectivity index (χ4v) is 4.11. The summed E-state index contributed by atoms with van der Waals surface area (Å²) in [6.07, 6.45) is 4.28. The van der Waals surface area contributed by atoms with E-state index in [9.17, 15) is 19.9 Å². The molecule has 1 aromatic rings. The molecule has 2 atom stereocenters. The number of nitroso groups, excluding NO2 is 1. The summed E-state index contributed by atoms with van der Waals surface area (Å²) in [6.45, 7) is 7.56. The standard InChI is InChI=1S/C19H25NO4/c1-5-9-18(11-14(21)8-10-19(18,23)12(2)3)16-13(4)6-7-15(20-24)17(16)22/h6-8,10,12,22-23H,5,9,11H2,1-4H3. The van der Waals surface area contributed by atoms with Gasteiger partial charge < -0.3 is 10.2 Å². The van der Waals surface area contributed by atoms with Gasteiger partial charge in [0.15, 0.2) is 5.78 Å². The van der Waals surface area contributed by atoms with E-state index >= 15 is 0 Å². The number of aryl methyl sites for hydroxylation is 1. The van der Waals surface area contributed by atoms with Crippen LogP contribution in [0.3, 0.4) is 0 Å². The number of allylic oxidation sites excluding steroid dienone is 1. The Morgan fingerprint density at radius 2 is 2.00 bits per heavy atom. The number of carbonyl (C=O) groups excluding carboxylic acids is 1. The van der Waals surface area contributed by atoms with Gasteiger partial charge in [0.1, 0.15) is 11.4 Å². The van der Waals surface area contributed by atoms with E-state index < -0.39 is 11.0 Å². The van der Waals surface area contributed by atoms with Crippen molar-refractivity contribution in [3.05, 3.63) is 40.3 Å². The van der Waals surface area contributed by atoms with Crippen LogP contribution in [-0.4, -0.2) is 21.6 Å². The Balaban J connectivity index is 2.88. The number of phenols is 1. The van der Waals surface area contributed by atoms with Gasteiger partial charge in [-0.15, -0.1) is 4.91 Å². The second-order valence-electron chi connectivity index (χ2n) is 7.01. The topological polar surface area (TPSA) is 87.0 Å². The highest BCUT2D eigenvalue weighted by atomic mass is 16.3. The Morgan fingerprint density at radius 1 is 1.33 bits per heavy atom. The molecule has 1 aliphatic rings. The van der Waals surface area contributed by atoms with Crippen LogP contribution in [0.5, 0.6) is 5.75 Å². The molecule has 2 rings (SSSR count). The van der Waals surface area contributed by atoms with Crippen molar-refractivity contribution < 1.29 is 15.0 Å². The Kier molecular flexibility index (Phi) is 4.95. The minimum Gasteiger partial charge on any atom is -0.505 e. The molecular formula is C19H25NO4. The fraction of sp³-hybridized carbons (Fsp3) is 0.526. The summed E-state index contributed by atoms with van der Waals surface area (Å²) in [5.74, 6) is -0.516. The van der Waals surface area contributed by atoms with Crippen molar-refractivity contribution in [2.24, 2.45) is 11.1 Å². The fourth-order valence-electron chi connectivity index (χ4n) is 4.11. The Bertz CT molecular complexity index is 695. The Hall–Kier alpha value is -2.01. The molecule has 2 unspecified atom stereocenters. The van der Waals surface area contributed by atoms with E-state index in [4.69, 9.17) is 0 Å². The van der Waals surface area contributed by atoms with Crippen LogP contribution in [-0.2, 0) is 10.2 Å². The zero-order chi connectivity index (χ0) is 18.1. The normalized spacial score (nSPS) is 26.8.